The van der Waals surface area contributed by atoms with E-state index in [-0.39, 0.29) is 22.1 Å². The summed E-state index contributed by atoms with van der Waals surface area (Å²) >= 11 is 0. The smallest absolute Gasteiger partial charge is 0.216 e. The average Bonchev–Trinajstić information content (AvgIpc) is 2.62. The molecule has 4 nitrogen and oxygen atoms in total. The van der Waals surface area contributed by atoms with E-state index in [4.69, 9.17) is 0 Å². The molecule has 100 valence electrons. The van der Waals surface area contributed by atoms with Crippen molar-refractivity contribution in [2.75, 3.05) is 13.1 Å². The maximum Gasteiger partial charge on any atom is 0.216 e. The molecule has 0 amide bonds. The standard InChI is InChI=1S/C12H24N2O2S/c1-11(2)10(12(11,3)4)14-17(15,16)9-6-5-7-13-8-9/h9-10,13-14H,5-8H2,1-4H3. The lowest BCUT2D eigenvalue weighted by atomic mass is 10.0. The van der Waals surface area contributed by atoms with Crippen LogP contribution in [-0.4, -0.2) is 32.8 Å². The van der Waals surface area contributed by atoms with Gasteiger partial charge in [-0.2, -0.15) is 0 Å². The Morgan fingerprint density at radius 3 is 2.18 bits per heavy atom. The summed E-state index contributed by atoms with van der Waals surface area (Å²) in [4.78, 5) is 0. The quantitative estimate of drug-likeness (QED) is 0.799. The third-order valence-corrected chi connectivity index (χ3v) is 6.84. The van der Waals surface area contributed by atoms with Gasteiger partial charge >= 0.3 is 0 Å². The summed E-state index contributed by atoms with van der Waals surface area (Å²) in [7, 11) is -3.17. The molecule has 1 aliphatic carbocycles. The van der Waals surface area contributed by atoms with Gasteiger partial charge in [0.2, 0.25) is 10.0 Å². The van der Waals surface area contributed by atoms with Crippen molar-refractivity contribution in [3.05, 3.63) is 0 Å². The molecular formula is C12H24N2O2S. The molecule has 0 aromatic carbocycles. The van der Waals surface area contributed by atoms with E-state index in [2.05, 4.69) is 37.7 Å². The van der Waals surface area contributed by atoms with Gasteiger partial charge in [0.15, 0.2) is 0 Å². The minimum absolute atomic E-state index is 0.0577. The van der Waals surface area contributed by atoms with Crippen LogP contribution in [0.1, 0.15) is 40.5 Å². The molecule has 1 saturated carbocycles. The number of rotatable bonds is 3. The summed E-state index contributed by atoms with van der Waals surface area (Å²) in [5.41, 5.74) is 0.115. The number of hydrogen-bond acceptors (Lipinski definition) is 3. The van der Waals surface area contributed by atoms with Crippen molar-refractivity contribution in [2.45, 2.75) is 51.8 Å². The molecule has 5 heteroatoms. The molecule has 0 aromatic rings. The Hall–Kier alpha value is -0.130. The van der Waals surface area contributed by atoms with Gasteiger partial charge in [-0.05, 0) is 30.2 Å². The molecule has 0 bridgehead atoms. The summed E-state index contributed by atoms with van der Waals surface area (Å²) in [6.45, 7) is 10.0. The summed E-state index contributed by atoms with van der Waals surface area (Å²) in [6, 6.07) is 0.0712. The third-order valence-electron chi connectivity index (χ3n) is 4.99. The second kappa shape index (κ2) is 3.93. The van der Waals surface area contributed by atoms with Gasteiger partial charge in [-0.25, -0.2) is 13.1 Å². The van der Waals surface area contributed by atoms with Crippen LogP contribution >= 0.6 is 0 Å². The lowest BCUT2D eigenvalue weighted by Crippen LogP contribution is -2.45. The molecule has 2 N–H and O–H groups in total. The van der Waals surface area contributed by atoms with E-state index >= 15 is 0 Å². The summed E-state index contributed by atoms with van der Waals surface area (Å²) in [5, 5.41) is 2.90. The normalized spacial score (nSPS) is 32.4. The molecule has 17 heavy (non-hydrogen) atoms. The van der Waals surface area contributed by atoms with Gasteiger partial charge in [-0.15, -0.1) is 0 Å². The summed E-state index contributed by atoms with van der Waals surface area (Å²) < 4.78 is 27.4. The van der Waals surface area contributed by atoms with E-state index in [0.29, 0.717) is 6.54 Å². The Labute approximate surface area is 105 Å². The van der Waals surface area contributed by atoms with Gasteiger partial charge in [0.1, 0.15) is 0 Å². The van der Waals surface area contributed by atoms with Crippen molar-refractivity contribution in [1.82, 2.24) is 10.0 Å². The first-order valence-electron chi connectivity index (χ1n) is 6.41. The first kappa shape index (κ1) is 13.3. The topological polar surface area (TPSA) is 58.2 Å². The minimum Gasteiger partial charge on any atom is -0.315 e. The van der Waals surface area contributed by atoms with Crippen molar-refractivity contribution < 1.29 is 8.42 Å². The van der Waals surface area contributed by atoms with Crippen LogP contribution in [0.2, 0.25) is 0 Å². The zero-order valence-corrected chi connectivity index (χ0v) is 12.0. The molecule has 0 aromatic heterocycles. The maximum atomic E-state index is 12.3. The van der Waals surface area contributed by atoms with Crippen LogP contribution in [0.25, 0.3) is 0 Å². The lowest BCUT2D eigenvalue weighted by molar-refractivity contribution is 0.457. The molecule has 2 rings (SSSR count). The largest absolute Gasteiger partial charge is 0.315 e. The highest BCUT2D eigenvalue weighted by Gasteiger charge is 2.66. The van der Waals surface area contributed by atoms with Crippen molar-refractivity contribution in [3.8, 4) is 0 Å². The Bertz CT molecular complexity index is 381. The van der Waals surface area contributed by atoms with Crippen LogP contribution in [-0.2, 0) is 10.0 Å². The Kier molecular flexibility index (Phi) is 3.08. The van der Waals surface area contributed by atoms with Crippen LogP contribution in [0.4, 0.5) is 0 Å². The number of nitrogens with one attached hydrogen (secondary N) is 2. The van der Waals surface area contributed by atoms with E-state index in [1.807, 2.05) is 0 Å². The van der Waals surface area contributed by atoms with Crippen LogP contribution in [0.5, 0.6) is 0 Å². The Morgan fingerprint density at radius 1 is 1.18 bits per heavy atom. The van der Waals surface area contributed by atoms with Gasteiger partial charge in [-0.1, -0.05) is 27.7 Å². The fraction of sp³-hybridized carbons (Fsp3) is 1.00. The maximum absolute atomic E-state index is 12.3. The Balaban J connectivity index is 2.04. The molecule has 0 radical (unpaired) electrons. The van der Waals surface area contributed by atoms with Gasteiger partial charge in [-0.3, -0.25) is 0 Å². The van der Waals surface area contributed by atoms with E-state index < -0.39 is 10.0 Å². The molecular weight excluding hydrogens is 236 g/mol. The van der Waals surface area contributed by atoms with Crippen molar-refractivity contribution >= 4 is 10.0 Å². The zero-order chi connectivity index (χ0) is 12.9. The molecule has 2 aliphatic rings. The SMILES string of the molecule is CC1(C)C(NS(=O)(=O)C2CCCNC2)C1(C)C. The summed E-state index contributed by atoms with van der Waals surface area (Å²) in [6.07, 6.45) is 1.72. The fourth-order valence-electron chi connectivity index (χ4n) is 2.84. The molecule has 2 fully saturated rings. The van der Waals surface area contributed by atoms with Crippen LogP contribution in [0, 0.1) is 10.8 Å². The van der Waals surface area contributed by atoms with E-state index in [9.17, 15) is 8.42 Å². The van der Waals surface area contributed by atoms with Gasteiger partial charge in [0.25, 0.3) is 0 Å². The van der Waals surface area contributed by atoms with Crippen molar-refractivity contribution in [2.24, 2.45) is 10.8 Å². The average molecular weight is 260 g/mol. The highest BCUT2D eigenvalue weighted by atomic mass is 32.2. The number of piperidine rings is 1. The second-order valence-electron chi connectivity index (χ2n) is 6.51. The van der Waals surface area contributed by atoms with Gasteiger partial charge in [0.05, 0.1) is 5.25 Å². The summed E-state index contributed by atoms with van der Waals surface area (Å²) in [5.74, 6) is 0. The first-order valence-corrected chi connectivity index (χ1v) is 7.96. The minimum atomic E-state index is -3.17. The first-order chi connectivity index (χ1) is 7.69. The molecule has 1 heterocycles. The van der Waals surface area contributed by atoms with Crippen molar-refractivity contribution in [3.63, 3.8) is 0 Å². The molecule has 0 spiro atoms. The zero-order valence-electron chi connectivity index (χ0n) is 11.2. The molecule has 1 aliphatic heterocycles. The highest BCUT2D eigenvalue weighted by Crippen LogP contribution is 2.62. The number of sulfonamides is 1. The fourth-order valence-corrected chi connectivity index (χ4v) is 4.76. The molecule has 1 atom stereocenters. The van der Waals surface area contributed by atoms with E-state index in [0.717, 1.165) is 19.4 Å². The number of hydrogen-bond donors (Lipinski definition) is 2. The predicted molar refractivity (Wildman–Crippen MR) is 69.3 cm³/mol. The van der Waals surface area contributed by atoms with E-state index in [1.54, 1.807) is 0 Å². The van der Waals surface area contributed by atoms with Gasteiger partial charge < -0.3 is 5.32 Å². The molecule has 1 unspecified atom stereocenters. The van der Waals surface area contributed by atoms with Crippen LogP contribution in [0.15, 0.2) is 0 Å². The Morgan fingerprint density at radius 2 is 1.76 bits per heavy atom. The van der Waals surface area contributed by atoms with Crippen LogP contribution in [0.3, 0.4) is 0 Å². The second-order valence-corrected chi connectivity index (χ2v) is 8.50. The van der Waals surface area contributed by atoms with E-state index in [1.165, 1.54) is 0 Å². The lowest BCUT2D eigenvalue weighted by Gasteiger charge is -2.23. The monoisotopic (exact) mass is 260 g/mol. The highest BCUT2D eigenvalue weighted by molar-refractivity contribution is 7.90. The molecule has 1 saturated heterocycles. The predicted octanol–water partition coefficient (Wildman–Crippen LogP) is 1.09. The van der Waals surface area contributed by atoms with Gasteiger partial charge in [0, 0.05) is 12.6 Å². The van der Waals surface area contributed by atoms with Crippen molar-refractivity contribution in [1.29, 1.82) is 0 Å². The van der Waals surface area contributed by atoms with Crippen LogP contribution < -0.4 is 10.0 Å². The third kappa shape index (κ3) is 2.13.